The number of hydrogen-bond acceptors (Lipinski definition) is 3. The van der Waals surface area contributed by atoms with Gasteiger partial charge in [-0.25, -0.2) is 0 Å². The Morgan fingerprint density at radius 3 is 2.52 bits per heavy atom. The maximum atomic E-state index is 8.78. The average molecular weight is 321 g/mol. The molecule has 0 fully saturated rings. The van der Waals surface area contributed by atoms with Crippen molar-refractivity contribution < 1.29 is 4.74 Å². The first-order valence-corrected chi connectivity index (χ1v) is 7.14. The number of nitriles is 1. The number of ether oxygens (including phenoxy) is 1. The van der Waals surface area contributed by atoms with Gasteiger partial charge in [-0.05, 0) is 36.9 Å². The molecule has 0 saturated carbocycles. The summed E-state index contributed by atoms with van der Waals surface area (Å²) in [5.41, 5.74) is 2.50. The second-order valence-corrected chi connectivity index (χ2v) is 5.35. The van der Waals surface area contributed by atoms with Crippen LogP contribution in [0, 0.1) is 11.3 Å². The van der Waals surface area contributed by atoms with Gasteiger partial charge in [-0.15, -0.1) is 0 Å². The summed E-state index contributed by atoms with van der Waals surface area (Å²) < 4.78 is 5.82. The van der Waals surface area contributed by atoms with Gasteiger partial charge in [0.25, 0.3) is 0 Å². The van der Waals surface area contributed by atoms with Crippen molar-refractivity contribution in [2.75, 3.05) is 7.05 Å². The SMILES string of the molecule is CNCc1cc(Cl)cc(Cl)c1OCc1ccc(C#N)cc1. The zero-order chi connectivity index (χ0) is 15.2. The third-order valence-electron chi connectivity index (χ3n) is 2.92. The topological polar surface area (TPSA) is 45.0 Å². The molecule has 0 aliphatic heterocycles. The molecule has 21 heavy (non-hydrogen) atoms. The fraction of sp³-hybridized carbons (Fsp3) is 0.188. The van der Waals surface area contributed by atoms with Crippen LogP contribution in [0.5, 0.6) is 5.75 Å². The maximum Gasteiger partial charge on any atom is 0.142 e. The van der Waals surface area contributed by atoms with Crippen molar-refractivity contribution in [2.24, 2.45) is 0 Å². The minimum Gasteiger partial charge on any atom is -0.487 e. The molecule has 2 aromatic carbocycles. The molecule has 108 valence electrons. The number of nitrogens with one attached hydrogen (secondary N) is 1. The molecular weight excluding hydrogens is 307 g/mol. The first-order chi connectivity index (χ1) is 10.1. The monoisotopic (exact) mass is 320 g/mol. The van der Waals surface area contributed by atoms with E-state index >= 15 is 0 Å². The van der Waals surface area contributed by atoms with E-state index in [1.54, 1.807) is 18.2 Å². The van der Waals surface area contributed by atoms with E-state index in [2.05, 4.69) is 11.4 Å². The van der Waals surface area contributed by atoms with Crippen LogP contribution < -0.4 is 10.1 Å². The molecule has 5 heteroatoms. The highest BCUT2D eigenvalue weighted by Gasteiger charge is 2.10. The van der Waals surface area contributed by atoms with Crippen LogP contribution in [0.2, 0.25) is 10.0 Å². The van der Waals surface area contributed by atoms with Gasteiger partial charge in [0.15, 0.2) is 0 Å². The van der Waals surface area contributed by atoms with Gasteiger partial charge in [-0.1, -0.05) is 35.3 Å². The molecule has 0 aromatic heterocycles. The summed E-state index contributed by atoms with van der Waals surface area (Å²) in [6.45, 7) is 0.993. The van der Waals surface area contributed by atoms with E-state index in [-0.39, 0.29) is 0 Å². The van der Waals surface area contributed by atoms with E-state index in [0.29, 0.717) is 34.5 Å². The minimum absolute atomic E-state index is 0.379. The minimum atomic E-state index is 0.379. The Morgan fingerprint density at radius 1 is 1.19 bits per heavy atom. The van der Waals surface area contributed by atoms with Crippen LogP contribution in [0.25, 0.3) is 0 Å². The highest BCUT2D eigenvalue weighted by Crippen LogP contribution is 2.33. The molecule has 0 spiro atoms. The van der Waals surface area contributed by atoms with E-state index < -0.39 is 0 Å². The molecular formula is C16H14Cl2N2O. The second kappa shape index (κ2) is 7.33. The lowest BCUT2D eigenvalue weighted by Crippen LogP contribution is -2.08. The molecule has 1 N–H and O–H groups in total. The first kappa shape index (κ1) is 15.7. The third kappa shape index (κ3) is 4.12. The molecule has 0 saturated heterocycles. The van der Waals surface area contributed by atoms with E-state index in [4.69, 9.17) is 33.2 Å². The van der Waals surface area contributed by atoms with Crippen LogP contribution >= 0.6 is 23.2 Å². The third-order valence-corrected chi connectivity index (χ3v) is 3.42. The van der Waals surface area contributed by atoms with Crippen molar-refractivity contribution in [2.45, 2.75) is 13.2 Å². The molecule has 0 heterocycles. The predicted octanol–water partition coefficient (Wildman–Crippen LogP) is 4.16. The van der Waals surface area contributed by atoms with Crippen molar-refractivity contribution in [3.05, 3.63) is 63.1 Å². The van der Waals surface area contributed by atoms with Crippen molar-refractivity contribution in [3.63, 3.8) is 0 Å². The van der Waals surface area contributed by atoms with Crippen molar-refractivity contribution in [1.82, 2.24) is 5.32 Å². The lowest BCUT2D eigenvalue weighted by Gasteiger charge is -2.14. The molecule has 0 aliphatic carbocycles. The molecule has 3 nitrogen and oxygen atoms in total. The van der Waals surface area contributed by atoms with Crippen LogP contribution in [0.3, 0.4) is 0 Å². The Morgan fingerprint density at radius 2 is 1.90 bits per heavy atom. The number of halogens is 2. The molecule has 0 amide bonds. The highest BCUT2D eigenvalue weighted by molar-refractivity contribution is 6.35. The quantitative estimate of drug-likeness (QED) is 0.899. The summed E-state index contributed by atoms with van der Waals surface area (Å²) in [4.78, 5) is 0. The maximum absolute atomic E-state index is 8.78. The zero-order valence-corrected chi connectivity index (χ0v) is 13.0. The van der Waals surface area contributed by atoms with Gasteiger partial charge in [0, 0.05) is 17.1 Å². The average Bonchev–Trinajstić information content (AvgIpc) is 2.47. The molecule has 2 rings (SSSR count). The fourth-order valence-corrected chi connectivity index (χ4v) is 2.52. The summed E-state index contributed by atoms with van der Waals surface area (Å²) in [6.07, 6.45) is 0. The molecule has 0 atom stereocenters. The number of benzene rings is 2. The van der Waals surface area contributed by atoms with Crippen molar-refractivity contribution in [1.29, 1.82) is 5.26 Å². The molecule has 0 bridgehead atoms. The summed E-state index contributed by atoms with van der Waals surface area (Å²) in [5, 5.41) is 12.9. The summed E-state index contributed by atoms with van der Waals surface area (Å²) in [5.74, 6) is 0.625. The summed E-state index contributed by atoms with van der Waals surface area (Å²) in [7, 11) is 1.85. The smallest absolute Gasteiger partial charge is 0.142 e. The van der Waals surface area contributed by atoms with Crippen molar-refractivity contribution in [3.8, 4) is 11.8 Å². The Labute approximate surface area is 134 Å². The second-order valence-electron chi connectivity index (χ2n) is 4.50. The van der Waals surface area contributed by atoms with Gasteiger partial charge in [-0.3, -0.25) is 0 Å². The van der Waals surface area contributed by atoms with Crippen LogP contribution in [0.15, 0.2) is 36.4 Å². The van der Waals surface area contributed by atoms with Crippen LogP contribution in [0.1, 0.15) is 16.7 Å². The summed E-state index contributed by atoms with van der Waals surface area (Å²) in [6, 6.07) is 12.8. The van der Waals surface area contributed by atoms with Gasteiger partial charge >= 0.3 is 0 Å². The lowest BCUT2D eigenvalue weighted by atomic mass is 10.1. The van der Waals surface area contributed by atoms with Gasteiger partial charge < -0.3 is 10.1 Å². The molecule has 0 aliphatic rings. The van der Waals surface area contributed by atoms with Crippen molar-refractivity contribution >= 4 is 23.2 Å². The predicted molar refractivity (Wildman–Crippen MR) is 84.7 cm³/mol. The Hall–Kier alpha value is -1.73. The van der Waals surface area contributed by atoms with Gasteiger partial charge in [0.1, 0.15) is 12.4 Å². The van der Waals surface area contributed by atoms with Gasteiger partial charge in [-0.2, -0.15) is 5.26 Å². The number of hydrogen-bond donors (Lipinski definition) is 1. The Kier molecular flexibility index (Phi) is 5.46. The van der Waals surface area contributed by atoms with Crippen LogP contribution in [-0.4, -0.2) is 7.05 Å². The van der Waals surface area contributed by atoms with E-state index in [9.17, 15) is 0 Å². The Balaban J connectivity index is 2.16. The van der Waals surface area contributed by atoms with E-state index in [1.807, 2.05) is 25.2 Å². The van der Waals surface area contributed by atoms with E-state index in [0.717, 1.165) is 11.1 Å². The van der Waals surface area contributed by atoms with Gasteiger partial charge in [0.05, 0.1) is 16.7 Å². The number of rotatable bonds is 5. The zero-order valence-electron chi connectivity index (χ0n) is 11.5. The lowest BCUT2D eigenvalue weighted by molar-refractivity contribution is 0.302. The molecule has 0 unspecified atom stereocenters. The molecule has 0 radical (unpaired) electrons. The fourth-order valence-electron chi connectivity index (χ4n) is 1.93. The Bertz CT molecular complexity index is 663. The normalized spacial score (nSPS) is 10.2. The first-order valence-electron chi connectivity index (χ1n) is 6.38. The van der Waals surface area contributed by atoms with E-state index in [1.165, 1.54) is 0 Å². The summed E-state index contributed by atoms with van der Waals surface area (Å²) >= 11 is 12.2. The molecule has 2 aromatic rings. The van der Waals surface area contributed by atoms with Crippen LogP contribution in [0.4, 0.5) is 0 Å². The highest BCUT2D eigenvalue weighted by atomic mass is 35.5. The van der Waals surface area contributed by atoms with Crippen LogP contribution in [-0.2, 0) is 13.2 Å². The largest absolute Gasteiger partial charge is 0.487 e. The standard InChI is InChI=1S/C16H14Cl2N2O/c1-20-9-13-6-14(17)7-15(18)16(13)21-10-12-4-2-11(8-19)3-5-12/h2-7,20H,9-10H2,1H3. The van der Waals surface area contributed by atoms with Gasteiger partial charge in [0.2, 0.25) is 0 Å². The number of nitrogens with zero attached hydrogens (tertiary/aromatic N) is 1.